The molecule has 0 radical (unpaired) electrons. The Morgan fingerprint density at radius 3 is 2.41 bits per heavy atom. The van der Waals surface area contributed by atoms with Gasteiger partial charge in [0.1, 0.15) is 5.56 Å². The van der Waals surface area contributed by atoms with E-state index in [-0.39, 0.29) is 16.7 Å². The lowest BCUT2D eigenvalue weighted by Crippen LogP contribution is -2.18. The molecule has 0 unspecified atom stereocenters. The Bertz CT molecular complexity index is 1200. The number of aromatic nitrogens is 4. The lowest BCUT2D eigenvalue weighted by Gasteiger charge is -2.13. The van der Waals surface area contributed by atoms with Crippen molar-refractivity contribution >= 4 is 21.7 Å². The highest BCUT2D eigenvalue weighted by Crippen LogP contribution is 2.36. The van der Waals surface area contributed by atoms with Gasteiger partial charge >= 0.3 is 6.18 Å². The van der Waals surface area contributed by atoms with E-state index in [0.717, 1.165) is 35.9 Å². The smallest absolute Gasteiger partial charge is 0.324 e. The zero-order valence-electron chi connectivity index (χ0n) is 17.1. The molecule has 0 spiro atoms. The van der Waals surface area contributed by atoms with Crippen LogP contribution in [0.4, 0.5) is 24.8 Å². The number of halogens is 3. The van der Waals surface area contributed by atoms with Gasteiger partial charge in [-0.3, -0.25) is 0 Å². The predicted octanol–water partition coefficient (Wildman–Crippen LogP) is 3.99. The Morgan fingerprint density at radius 1 is 1.09 bits per heavy atom. The summed E-state index contributed by atoms with van der Waals surface area (Å²) >= 11 is 0. The van der Waals surface area contributed by atoms with E-state index in [9.17, 15) is 21.6 Å². The van der Waals surface area contributed by atoms with Crippen molar-refractivity contribution in [2.45, 2.75) is 42.7 Å². The maximum absolute atomic E-state index is 13.6. The molecule has 8 nitrogen and oxygen atoms in total. The summed E-state index contributed by atoms with van der Waals surface area (Å²) in [6.45, 7) is 0. The van der Waals surface area contributed by atoms with Crippen LogP contribution in [0.5, 0.6) is 0 Å². The Hall–Kier alpha value is -2.99. The molecule has 1 fully saturated rings. The maximum atomic E-state index is 13.6. The summed E-state index contributed by atoms with van der Waals surface area (Å²) in [5, 5.41) is 6.93. The van der Waals surface area contributed by atoms with Crippen LogP contribution in [0.15, 0.2) is 47.8 Å². The number of hydrogen-bond acceptors (Lipinski definition) is 6. The average Bonchev–Trinajstić information content (AvgIpc) is 3.45. The molecule has 4 rings (SSSR count). The minimum Gasteiger partial charge on any atom is -0.324 e. The van der Waals surface area contributed by atoms with Crippen LogP contribution in [-0.2, 0) is 16.2 Å². The van der Waals surface area contributed by atoms with Crippen LogP contribution in [0.2, 0.25) is 0 Å². The summed E-state index contributed by atoms with van der Waals surface area (Å²) in [4.78, 5) is 7.90. The van der Waals surface area contributed by atoms with E-state index in [1.54, 1.807) is 12.4 Å². The van der Waals surface area contributed by atoms with Gasteiger partial charge in [0.25, 0.3) is 0 Å². The van der Waals surface area contributed by atoms with Crippen LogP contribution < -0.4 is 10.0 Å². The topological polar surface area (TPSA) is 102 Å². The molecule has 2 heterocycles. The van der Waals surface area contributed by atoms with Gasteiger partial charge in [-0.2, -0.15) is 23.3 Å². The molecule has 12 heteroatoms. The van der Waals surface area contributed by atoms with Crippen LogP contribution in [0.3, 0.4) is 0 Å². The third-order valence-corrected chi connectivity index (χ3v) is 6.84. The second-order valence-electron chi connectivity index (χ2n) is 7.49. The standard InChI is InChI=1S/C20H21F3N6O2S/c1-24-32(30,31)16-8-6-15(7-9-16)27-19-25-11-17(20(21,22)23)18(28-19)29-12-14(10-26-29)13-4-2-3-5-13/h6-13,24H,2-5H2,1H3,(H,25,27,28). The molecule has 1 aromatic carbocycles. The van der Waals surface area contributed by atoms with Crippen LogP contribution in [0.25, 0.3) is 5.82 Å². The molecule has 3 aromatic rings. The van der Waals surface area contributed by atoms with E-state index < -0.39 is 21.8 Å². The van der Waals surface area contributed by atoms with Crippen molar-refractivity contribution in [3.05, 3.63) is 54.0 Å². The van der Waals surface area contributed by atoms with Crippen LogP contribution >= 0.6 is 0 Å². The van der Waals surface area contributed by atoms with Crippen LogP contribution in [0.1, 0.15) is 42.7 Å². The highest BCUT2D eigenvalue weighted by atomic mass is 32.2. The molecule has 1 aliphatic carbocycles. The fourth-order valence-corrected chi connectivity index (χ4v) is 4.42. The summed E-state index contributed by atoms with van der Waals surface area (Å²) in [7, 11) is -2.30. The second kappa shape index (κ2) is 8.51. The normalized spacial score (nSPS) is 15.2. The highest BCUT2D eigenvalue weighted by molar-refractivity contribution is 7.89. The summed E-state index contributed by atoms with van der Waals surface area (Å²) in [6.07, 6.45) is 3.42. The number of anilines is 2. The molecule has 0 atom stereocenters. The molecule has 170 valence electrons. The lowest BCUT2D eigenvalue weighted by molar-refractivity contribution is -0.138. The van der Waals surface area contributed by atoms with Gasteiger partial charge in [-0.25, -0.2) is 22.8 Å². The molecular formula is C20H21F3N6O2S. The minimum atomic E-state index is -4.66. The Balaban J connectivity index is 1.65. The first-order chi connectivity index (χ1) is 15.2. The van der Waals surface area contributed by atoms with E-state index in [4.69, 9.17) is 0 Å². The molecule has 32 heavy (non-hydrogen) atoms. The molecule has 0 bridgehead atoms. The van der Waals surface area contributed by atoms with Crippen molar-refractivity contribution in [3.63, 3.8) is 0 Å². The molecule has 2 N–H and O–H groups in total. The fourth-order valence-electron chi connectivity index (χ4n) is 3.69. The summed E-state index contributed by atoms with van der Waals surface area (Å²) < 4.78 is 67.8. The average molecular weight is 466 g/mol. The predicted molar refractivity (Wildman–Crippen MR) is 111 cm³/mol. The number of benzene rings is 1. The largest absolute Gasteiger partial charge is 0.421 e. The minimum absolute atomic E-state index is 0.0514. The summed E-state index contributed by atoms with van der Waals surface area (Å²) in [5.41, 5.74) is 0.308. The molecule has 0 amide bonds. The zero-order valence-corrected chi connectivity index (χ0v) is 17.9. The van der Waals surface area contributed by atoms with Gasteiger partial charge in [-0.1, -0.05) is 12.8 Å². The molecule has 1 saturated carbocycles. The number of nitrogens with one attached hydrogen (secondary N) is 2. The third-order valence-electron chi connectivity index (χ3n) is 5.41. The first-order valence-corrected chi connectivity index (χ1v) is 11.5. The second-order valence-corrected chi connectivity index (χ2v) is 9.37. The monoisotopic (exact) mass is 466 g/mol. The first-order valence-electron chi connectivity index (χ1n) is 9.97. The van der Waals surface area contributed by atoms with Crippen molar-refractivity contribution in [3.8, 4) is 5.82 Å². The van der Waals surface area contributed by atoms with Gasteiger partial charge in [0.2, 0.25) is 16.0 Å². The number of hydrogen-bond donors (Lipinski definition) is 2. The van der Waals surface area contributed by atoms with E-state index in [1.165, 1.54) is 31.3 Å². The molecule has 2 aromatic heterocycles. The number of sulfonamides is 1. The molecular weight excluding hydrogens is 445 g/mol. The van der Waals surface area contributed by atoms with Gasteiger partial charge in [0, 0.05) is 18.1 Å². The van der Waals surface area contributed by atoms with Crippen molar-refractivity contribution in [1.29, 1.82) is 0 Å². The number of alkyl halides is 3. The molecule has 0 saturated heterocycles. The SMILES string of the molecule is CNS(=O)(=O)c1ccc(Nc2ncc(C(F)(F)F)c(-n3cc(C4CCCC4)cn3)n2)cc1. The molecule has 0 aliphatic heterocycles. The number of rotatable bonds is 6. The van der Waals surface area contributed by atoms with E-state index in [2.05, 4.69) is 25.1 Å². The first kappa shape index (κ1) is 22.2. The van der Waals surface area contributed by atoms with E-state index in [1.807, 2.05) is 0 Å². The Morgan fingerprint density at radius 2 is 1.78 bits per heavy atom. The van der Waals surface area contributed by atoms with Gasteiger partial charge < -0.3 is 5.32 Å². The summed E-state index contributed by atoms with van der Waals surface area (Å²) in [5.74, 6) is -0.159. The maximum Gasteiger partial charge on any atom is 0.421 e. The van der Waals surface area contributed by atoms with Crippen molar-refractivity contribution < 1.29 is 21.6 Å². The lowest BCUT2D eigenvalue weighted by atomic mass is 10.0. The highest BCUT2D eigenvalue weighted by Gasteiger charge is 2.36. The van der Waals surface area contributed by atoms with Gasteiger partial charge in [0.05, 0.1) is 11.1 Å². The molecule has 1 aliphatic rings. The quantitative estimate of drug-likeness (QED) is 0.570. The summed E-state index contributed by atoms with van der Waals surface area (Å²) in [6, 6.07) is 5.66. The van der Waals surface area contributed by atoms with Gasteiger partial charge in [-0.15, -0.1) is 0 Å². The van der Waals surface area contributed by atoms with Gasteiger partial charge in [-0.05, 0) is 55.6 Å². The third kappa shape index (κ3) is 4.60. The van der Waals surface area contributed by atoms with Crippen LogP contribution in [0, 0.1) is 0 Å². The zero-order chi connectivity index (χ0) is 22.9. The van der Waals surface area contributed by atoms with Crippen molar-refractivity contribution in [1.82, 2.24) is 24.5 Å². The Labute approximate surface area is 182 Å². The Kier molecular flexibility index (Phi) is 5.91. The van der Waals surface area contributed by atoms with Crippen molar-refractivity contribution in [2.24, 2.45) is 0 Å². The fraction of sp³-hybridized carbons (Fsp3) is 0.350. The van der Waals surface area contributed by atoms with E-state index >= 15 is 0 Å². The van der Waals surface area contributed by atoms with Crippen LogP contribution in [-0.4, -0.2) is 35.2 Å². The number of nitrogens with zero attached hydrogens (tertiary/aromatic N) is 4. The van der Waals surface area contributed by atoms with Gasteiger partial charge in [0.15, 0.2) is 5.82 Å². The van der Waals surface area contributed by atoms with Crippen molar-refractivity contribution in [2.75, 3.05) is 12.4 Å². The van der Waals surface area contributed by atoms with E-state index in [0.29, 0.717) is 17.8 Å².